The number of halogens is 1. The number of methoxy groups -OCH3 is 2. The molecule has 3 aromatic rings. The molecule has 0 radical (unpaired) electrons. The molecule has 2 aromatic carbocycles. The lowest BCUT2D eigenvalue weighted by Crippen LogP contribution is -2.34. The van der Waals surface area contributed by atoms with Gasteiger partial charge in [-0.2, -0.15) is 5.26 Å². The van der Waals surface area contributed by atoms with E-state index in [2.05, 4.69) is 21.2 Å². The molecular formula is C24H22BrN3O4S. The molecule has 0 saturated heterocycles. The van der Waals surface area contributed by atoms with E-state index in [1.54, 1.807) is 37.5 Å². The van der Waals surface area contributed by atoms with Gasteiger partial charge in [-0.05, 0) is 42.3 Å². The van der Waals surface area contributed by atoms with Gasteiger partial charge in [-0.1, -0.05) is 34.1 Å². The van der Waals surface area contributed by atoms with Gasteiger partial charge in [-0.3, -0.25) is 14.2 Å². The number of thiazole rings is 1. The molecule has 0 unspecified atom stereocenters. The monoisotopic (exact) mass is 527 g/mol. The zero-order valence-corrected chi connectivity index (χ0v) is 20.5. The number of nitriles is 1. The third-order valence-electron chi connectivity index (χ3n) is 4.69. The summed E-state index contributed by atoms with van der Waals surface area (Å²) in [7, 11) is 3.11. The van der Waals surface area contributed by atoms with Crippen LogP contribution >= 0.6 is 27.3 Å². The van der Waals surface area contributed by atoms with Crippen LogP contribution in [0.25, 0.3) is 11.6 Å². The molecule has 0 fully saturated rings. The molecule has 0 atom stereocenters. The molecule has 1 heterocycles. The largest absolute Gasteiger partial charge is 0.497 e. The molecule has 0 aliphatic rings. The molecule has 0 aliphatic heterocycles. The summed E-state index contributed by atoms with van der Waals surface area (Å²) in [6.07, 6.45) is 2.32. The van der Waals surface area contributed by atoms with Crippen LogP contribution < -0.4 is 24.8 Å². The zero-order chi connectivity index (χ0) is 23.8. The van der Waals surface area contributed by atoms with Gasteiger partial charge in [0.2, 0.25) is 0 Å². The van der Waals surface area contributed by atoms with Crippen molar-refractivity contribution in [2.75, 3.05) is 26.1 Å². The van der Waals surface area contributed by atoms with Gasteiger partial charge in [0.15, 0.2) is 5.57 Å². The minimum Gasteiger partial charge on any atom is -0.497 e. The molecule has 0 spiro atoms. The maximum Gasteiger partial charge on any atom is 0.269 e. The van der Waals surface area contributed by atoms with Gasteiger partial charge < -0.3 is 14.8 Å². The number of hydrogen-bond donors (Lipinski definition) is 1. The summed E-state index contributed by atoms with van der Waals surface area (Å²) in [5, 5.41) is 12.5. The van der Waals surface area contributed by atoms with Crippen LogP contribution in [0.3, 0.4) is 0 Å². The van der Waals surface area contributed by atoms with Crippen molar-refractivity contribution in [2.24, 2.45) is 0 Å². The highest BCUT2D eigenvalue weighted by Gasteiger charge is 2.16. The second kappa shape index (κ2) is 11.6. The van der Waals surface area contributed by atoms with Crippen LogP contribution in [-0.4, -0.2) is 31.3 Å². The van der Waals surface area contributed by atoms with Gasteiger partial charge in [-0.25, -0.2) is 0 Å². The Morgan fingerprint density at radius 1 is 1.24 bits per heavy atom. The Morgan fingerprint density at radius 2 is 2.00 bits per heavy atom. The SMILES string of the molecule is COCCCn1c(=O)/c(=C\c2ccc(Br)cc2)s/c1=C(/C#N)C(=O)Nc1cccc(OC)c1. The highest BCUT2D eigenvalue weighted by molar-refractivity contribution is 9.10. The Hall–Kier alpha value is -3.19. The van der Waals surface area contributed by atoms with Crippen LogP contribution in [-0.2, 0) is 16.1 Å². The third-order valence-corrected chi connectivity index (χ3v) is 6.34. The van der Waals surface area contributed by atoms with Crippen molar-refractivity contribution in [2.45, 2.75) is 13.0 Å². The van der Waals surface area contributed by atoms with E-state index in [0.29, 0.717) is 40.2 Å². The second-order valence-corrected chi connectivity index (χ2v) is 8.89. The first-order valence-corrected chi connectivity index (χ1v) is 11.6. The van der Waals surface area contributed by atoms with Gasteiger partial charge in [0.1, 0.15) is 16.5 Å². The first kappa shape index (κ1) is 24.5. The summed E-state index contributed by atoms with van der Waals surface area (Å²) in [5.41, 5.74) is 0.939. The molecule has 3 rings (SSSR count). The van der Waals surface area contributed by atoms with Crippen molar-refractivity contribution in [3.8, 4) is 11.8 Å². The molecule has 1 amide bonds. The van der Waals surface area contributed by atoms with E-state index in [1.165, 1.54) is 11.7 Å². The topological polar surface area (TPSA) is 93.4 Å². The number of anilines is 1. The van der Waals surface area contributed by atoms with Gasteiger partial charge in [0, 0.05) is 36.5 Å². The van der Waals surface area contributed by atoms with Gasteiger partial charge in [-0.15, -0.1) is 11.3 Å². The normalized spacial score (nSPS) is 12.2. The quantitative estimate of drug-likeness (QED) is 0.454. The predicted molar refractivity (Wildman–Crippen MR) is 133 cm³/mol. The van der Waals surface area contributed by atoms with Crippen LogP contribution in [0.15, 0.2) is 57.8 Å². The number of rotatable bonds is 8. The second-order valence-electron chi connectivity index (χ2n) is 6.94. The molecular weight excluding hydrogens is 506 g/mol. The van der Waals surface area contributed by atoms with Crippen LogP contribution in [0.5, 0.6) is 5.75 Å². The van der Waals surface area contributed by atoms with Crippen molar-refractivity contribution in [3.63, 3.8) is 0 Å². The standard InChI is InChI=1S/C24H22BrN3O4S/c1-31-12-4-11-28-23(30)21(13-16-7-9-17(25)10-8-16)33-24(28)20(15-26)22(29)27-18-5-3-6-19(14-18)32-2/h3,5-10,13-14H,4,11-12H2,1-2H3,(H,27,29)/b21-13+,24-20-. The molecule has 9 heteroatoms. The van der Waals surface area contributed by atoms with E-state index in [4.69, 9.17) is 9.47 Å². The van der Waals surface area contributed by atoms with Crippen molar-refractivity contribution >= 4 is 50.5 Å². The summed E-state index contributed by atoms with van der Waals surface area (Å²) in [6.45, 7) is 0.773. The Kier molecular flexibility index (Phi) is 8.60. The summed E-state index contributed by atoms with van der Waals surface area (Å²) in [6, 6.07) is 16.3. The Bertz CT molecular complexity index is 1350. The van der Waals surface area contributed by atoms with Crippen molar-refractivity contribution < 1.29 is 14.3 Å². The zero-order valence-electron chi connectivity index (χ0n) is 18.1. The third kappa shape index (κ3) is 6.20. The van der Waals surface area contributed by atoms with Crippen molar-refractivity contribution in [1.29, 1.82) is 5.26 Å². The lowest BCUT2D eigenvalue weighted by molar-refractivity contribution is -0.111. The minimum absolute atomic E-state index is 0.132. The number of hydrogen-bond acceptors (Lipinski definition) is 6. The van der Waals surface area contributed by atoms with Gasteiger partial charge in [0.25, 0.3) is 11.5 Å². The van der Waals surface area contributed by atoms with E-state index in [0.717, 1.165) is 21.4 Å². The van der Waals surface area contributed by atoms with E-state index < -0.39 is 5.91 Å². The molecule has 0 saturated carbocycles. The van der Waals surface area contributed by atoms with E-state index in [9.17, 15) is 14.9 Å². The van der Waals surface area contributed by atoms with Gasteiger partial charge >= 0.3 is 0 Å². The maximum absolute atomic E-state index is 13.2. The van der Waals surface area contributed by atoms with Crippen LogP contribution in [0.4, 0.5) is 5.69 Å². The van der Waals surface area contributed by atoms with Crippen molar-refractivity contribution in [1.82, 2.24) is 4.57 Å². The molecule has 1 aromatic heterocycles. The van der Waals surface area contributed by atoms with Crippen LogP contribution in [0.2, 0.25) is 0 Å². The molecule has 7 nitrogen and oxygen atoms in total. The number of carbonyl (C=O) groups is 1. The lowest BCUT2D eigenvalue weighted by atomic mass is 10.2. The number of ether oxygens (including phenoxy) is 2. The Morgan fingerprint density at radius 3 is 2.67 bits per heavy atom. The number of nitrogens with zero attached hydrogens (tertiary/aromatic N) is 2. The predicted octanol–water partition coefficient (Wildman–Crippen LogP) is 2.86. The van der Waals surface area contributed by atoms with Gasteiger partial charge in [0.05, 0.1) is 11.6 Å². The number of amides is 1. The fourth-order valence-corrected chi connectivity index (χ4v) is 4.47. The Labute approximate surface area is 203 Å². The summed E-state index contributed by atoms with van der Waals surface area (Å²) < 4.78 is 13.4. The number of aromatic nitrogens is 1. The highest BCUT2D eigenvalue weighted by Crippen LogP contribution is 2.17. The van der Waals surface area contributed by atoms with Crippen LogP contribution in [0, 0.1) is 11.3 Å². The number of nitrogens with one attached hydrogen (secondary N) is 1. The molecule has 0 aliphatic carbocycles. The van der Waals surface area contributed by atoms with E-state index >= 15 is 0 Å². The molecule has 170 valence electrons. The smallest absolute Gasteiger partial charge is 0.269 e. The van der Waals surface area contributed by atoms with E-state index in [-0.39, 0.29) is 11.1 Å². The van der Waals surface area contributed by atoms with Crippen LogP contribution in [0.1, 0.15) is 12.0 Å². The molecule has 0 bridgehead atoms. The maximum atomic E-state index is 13.2. The molecule has 1 N–H and O–H groups in total. The fourth-order valence-electron chi connectivity index (χ4n) is 3.08. The molecule has 33 heavy (non-hydrogen) atoms. The highest BCUT2D eigenvalue weighted by atomic mass is 79.9. The fraction of sp³-hybridized carbons (Fsp3) is 0.208. The first-order chi connectivity index (χ1) is 16.0. The summed E-state index contributed by atoms with van der Waals surface area (Å²) in [4.78, 5) is 26.1. The summed E-state index contributed by atoms with van der Waals surface area (Å²) in [5.74, 6) is -0.0204. The van der Waals surface area contributed by atoms with E-state index in [1.807, 2.05) is 30.3 Å². The number of carbonyl (C=O) groups excluding carboxylic acids is 1. The minimum atomic E-state index is -0.595. The summed E-state index contributed by atoms with van der Waals surface area (Å²) >= 11 is 4.52. The number of benzene rings is 2. The van der Waals surface area contributed by atoms with Crippen molar-refractivity contribution in [3.05, 3.63) is 78.1 Å². The average Bonchev–Trinajstić information content (AvgIpc) is 3.11. The first-order valence-electron chi connectivity index (χ1n) is 10.0. The average molecular weight is 528 g/mol. The lowest BCUT2D eigenvalue weighted by Gasteiger charge is -2.07. The Balaban J connectivity index is 2.11.